The molecule has 1 aliphatic heterocycles. The van der Waals surface area contributed by atoms with E-state index in [0.29, 0.717) is 0 Å². The van der Waals surface area contributed by atoms with Gasteiger partial charge < -0.3 is 14.6 Å². The first kappa shape index (κ1) is 14.4. The van der Waals surface area contributed by atoms with Crippen LogP contribution in [-0.2, 0) is 11.2 Å². The predicted octanol–water partition coefficient (Wildman–Crippen LogP) is 2.41. The Labute approximate surface area is 120 Å². The average Bonchev–Trinajstić information content (AvgIpc) is 2.96. The van der Waals surface area contributed by atoms with Gasteiger partial charge in [0.15, 0.2) is 0 Å². The van der Waals surface area contributed by atoms with E-state index in [1.54, 1.807) is 6.26 Å². The predicted molar refractivity (Wildman–Crippen MR) is 68.6 cm³/mol. The molecule has 1 aliphatic carbocycles. The molecule has 0 saturated carbocycles. The lowest BCUT2D eigenvalue weighted by Gasteiger charge is -2.26. The van der Waals surface area contributed by atoms with Crippen molar-refractivity contribution in [1.29, 1.82) is 0 Å². The third-order valence-electron chi connectivity index (χ3n) is 4.07. The molecule has 1 N–H and O–H groups in total. The van der Waals surface area contributed by atoms with E-state index in [9.17, 15) is 18.0 Å². The minimum absolute atomic E-state index is 0.0659. The van der Waals surface area contributed by atoms with E-state index < -0.39 is 18.6 Å². The van der Waals surface area contributed by atoms with Crippen LogP contribution in [0.1, 0.15) is 36.6 Å². The second-order valence-electron chi connectivity index (χ2n) is 5.70. The maximum atomic E-state index is 12.4. The van der Waals surface area contributed by atoms with Gasteiger partial charge in [-0.2, -0.15) is 13.2 Å². The van der Waals surface area contributed by atoms with Gasteiger partial charge in [-0.05, 0) is 18.9 Å². The minimum atomic E-state index is -4.34. The number of carbonyl (C=O) groups is 1. The van der Waals surface area contributed by atoms with Crippen LogP contribution in [-0.4, -0.2) is 36.1 Å². The molecule has 1 saturated heterocycles. The third-order valence-corrected chi connectivity index (χ3v) is 4.07. The Balaban J connectivity index is 1.62. The lowest BCUT2D eigenvalue weighted by Crippen LogP contribution is -2.39. The Morgan fingerprint density at radius 1 is 1.43 bits per heavy atom. The fourth-order valence-electron chi connectivity index (χ4n) is 3.20. The highest BCUT2D eigenvalue weighted by molar-refractivity contribution is 5.79. The zero-order valence-electron chi connectivity index (χ0n) is 11.4. The fourth-order valence-corrected chi connectivity index (χ4v) is 3.20. The Morgan fingerprint density at radius 2 is 2.24 bits per heavy atom. The summed E-state index contributed by atoms with van der Waals surface area (Å²) in [6.45, 7) is -1.05. The van der Waals surface area contributed by atoms with Gasteiger partial charge in [0, 0.05) is 37.0 Å². The summed E-state index contributed by atoms with van der Waals surface area (Å²) in [6.07, 6.45) is 0.208. The number of nitrogens with zero attached hydrogens (tertiary/aromatic N) is 1. The standard InChI is InChI=1S/C14H17F3N2O2/c15-14(16,17)8-19-7-9(6-13(19)20)18-11-2-1-3-12-10(11)4-5-21-12/h4-5,9,11,18H,1-3,6-8H2/t9-,11-/m0/s1. The molecule has 3 rings (SSSR count). The highest BCUT2D eigenvalue weighted by atomic mass is 19.4. The monoisotopic (exact) mass is 302 g/mol. The zero-order valence-corrected chi connectivity index (χ0v) is 11.4. The van der Waals surface area contributed by atoms with Crippen LogP contribution in [0.4, 0.5) is 13.2 Å². The highest BCUT2D eigenvalue weighted by Crippen LogP contribution is 2.32. The molecule has 21 heavy (non-hydrogen) atoms. The summed E-state index contributed by atoms with van der Waals surface area (Å²) in [5.74, 6) is 0.503. The SMILES string of the molecule is O=C1C[C@H](N[C@H]2CCCc3occc32)CN1CC(F)(F)F. The van der Waals surface area contributed by atoms with E-state index in [1.165, 1.54) is 0 Å². The van der Waals surface area contributed by atoms with Gasteiger partial charge in [0.25, 0.3) is 0 Å². The number of amides is 1. The number of furan rings is 1. The van der Waals surface area contributed by atoms with E-state index in [0.717, 1.165) is 35.5 Å². The molecule has 0 aromatic carbocycles. The maximum Gasteiger partial charge on any atom is 0.406 e. The van der Waals surface area contributed by atoms with Gasteiger partial charge in [-0.3, -0.25) is 4.79 Å². The summed E-state index contributed by atoms with van der Waals surface area (Å²) in [4.78, 5) is 12.6. The van der Waals surface area contributed by atoms with Crippen molar-refractivity contribution in [3.05, 3.63) is 23.7 Å². The molecule has 116 valence electrons. The normalized spacial score (nSPS) is 26.2. The van der Waals surface area contributed by atoms with Crippen LogP contribution >= 0.6 is 0 Å². The number of alkyl halides is 3. The number of aryl methyl sites for hydroxylation is 1. The molecule has 4 nitrogen and oxygen atoms in total. The summed E-state index contributed by atoms with van der Waals surface area (Å²) in [6, 6.07) is 1.73. The van der Waals surface area contributed by atoms with Crippen LogP contribution in [0.15, 0.2) is 16.7 Å². The molecule has 2 atom stereocenters. The van der Waals surface area contributed by atoms with Crippen LogP contribution in [0.3, 0.4) is 0 Å². The van der Waals surface area contributed by atoms with Gasteiger partial charge in [0.2, 0.25) is 5.91 Å². The number of nitrogens with one attached hydrogen (secondary N) is 1. The van der Waals surface area contributed by atoms with Crippen molar-refractivity contribution in [1.82, 2.24) is 10.2 Å². The molecule has 0 spiro atoms. The smallest absolute Gasteiger partial charge is 0.406 e. The van der Waals surface area contributed by atoms with E-state index in [1.807, 2.05) is 6.07 Å². The molecule has 2 heterocycles. The Bertz CT molecular complexity index is 527. The molecular formula is C14H17F3N2O2. The largest absolute Gasteiger partial charge is 0.469 e. The van der Waals surface area contributed by atoms with Crippen molar-refractivity contribution < 1.29 is 22.4 Å². The van der Waals surface area contributed by atoms with Crippen molar-refractivity contribution in [2.24, 2.45) is 0 Å². The summed E-state index contributed by atoms with van der Waals surface area (Å²) >= 11 is 0. The average molecular weight is 302 g/mol. The number of hydrogen-bond donors (Lipinski definition) is 1. The van der Waals surface area contributed by atoms with Crippen molar-refractivity contribution in [3.63, 3.8) is 0 Å². The quantitative estimate of drug-likeness (QED) is 0.932. The molecule has 1 aromatic rings. The van der Waals surface area contributed by atoms with E-state index in [4.69, 9.17) is 4.42 Å². The van der Waals surface area contributed by atoms with Crippen LogP contribution in [0.2, 0.25) is 0 Å². The molecule has 1 aromatic heterocycles. The Morgan fingerprint density at radius 3 is 3.00 bits per heavy atom. The lowest BCUT2D eigenvalue weighted by molar-refractivity contribution is -0.157. The van der Waals surface area contributed by atoms with Crippen molar-refractivity contribution >= 4 is 5.91 Å². The minimum Gasteiger partial charge on any atom is -0.469 e. The first-order valence-corrected chi connectivity index (χ1v) is 7.09. The number of halogens is 3. The lowest BCUT2D eigenvalue weighted by atomic mass is 9.93. The van der Waals surface area contributed by atoms with Crippen molar-refractivity contribution in [2.75, 3.05) is 13.1 Å². The topological polar surface area (TPSA) is 45.5 Å². The molecular weight excluding hydrogens is 285 g/mol. The Kier molecular flexibility index (Phi) is 3.69. The highest BCUT2D eigenvalue weighted by Gasteiger charge is 2.39. The molecule has 0 radical (unpaired) electrons. The van der Waals surface area contributed by atoms with E-state index in [2.05, 4.69) is 5.32 Å². The third kappa shape index (κ3) is 3.23. The molecule has 1 fully saturated rings. The number of hydrogen-bond acceptors (Lipinski definition) is 3. The molecule has 0 unspecified atom stereocenters. The Hall–Kier alpha value is -1.50. The fraction of sp³-hybridized carbons (Fsp3) is 0.643. The second-order valence-corrected chi connectivity index (χ2v) is 5.70. The molecule has 1 amide bonds. The van der Waals surface area contributed by atoms with Gasteiger partial charge >= 0.3 is 6.18 Å². The first-order valence-electron chi connectivity index (χ1n) is 7.09. The van der Waals surface area contributed by atoms with Crippen LogP contribution < -0.4 is 5.32 Å². The number of likely N-dealkylation sites (tertiary alicyclic amines) is 1. The number of fused-ring (bicyclic) bond motifs is 1. The van der Waals surface area contributed by atoms with Crippen LogP contribution in [0.5, 0.6) is 0 Å². The summed E-state index contributed by atoms with van der Waals surface area (Å²) in [7, 11) is 0. The van der Waals surface area contributed by atoms with E-state index in [-0.39, 0.29) is 25.0 Å². The molecule has 0 bridgehead atoms. The summed E-state index contributed by atoms with van der Waals surface area (Å²) in [5, 5.41) is 3.32. The summed E-state index contributed by atoms with van der Waals surface area (Å²) in [5.41, 5.74) is 1.07. The van der Waals surface area contributed by atoms with Gasteiger partial charge in [0.05, 0.1) is 6.26 Å². The van der Waals surface area contributed by atoms with Crippen molar-refractivity contribution in [2.45, 2.75) is 43.9 Å². The van der Waals surface area contributed by atoms with Gasteiger partial charge in [-0.1, -0.05) is 0 Å². The number of carbonyl (C=O) groups excluding carboxylic acids is 1. The maximum absolute atomic E-state index is 12.4. The van der Waals surface area contributed by atoms with Gasteiger partial charge in [0.1, 0.15) is 12.3 Å². The molecule has 7 heteroatoms. The van der Waals surface area contributed by atoms with Crippen molar-refractivity contribution in [3.8, 4) is 0 Å². The van der Waals surface area contributed by atoms with Gasteiger partial charge in [-0.15, -0.1) is 0 Å². The van der Waals surface area contributed by atoms with Crippen LogP contribution in [0.25, 0.3) is 0 Å². The summed E-state index contributed by atoms with van der Waals surface area (Å²) < 4.78 is 42.6. The molecule has 2 aliphatic rings. The van der Waals surface area contributed by atoms with Crippen LogP contribution in [0, 0.1) is 0 Å². The number of rotatable bonds is 3. The second kappa shape index (κ2) is 5.36. The van der Waals surface area contributed by atoms with E-state index >= 15 is 0 Å². The first-order chi connectivity index (χ1) is 9.92. The zero-order chi connectivity index (χ0) is 15.0. The van der Waals surface area contributed by atoms with Gasteiger partial charge in [-0.25, -0.2) is 0 Å².